The third kappa shape index (κ3) is 3.22. The van der Waals surface area contributed by atoms with E-state index in [0.717, 1.165) is 6.07 Å². The Labute approximate surface area is 111 Å². The second kappa shape index (κ2) is 4.79. The fraction of sp³-hybridized carbons (Fsp3) is 0.500. The molecule has 1 amide bonds. The van der Waals surface area contributed by atoms with Gasteiger partial charge in [-0.2, -0.15) is 0 Å². The van der Waals surface area contributed by atoms with Crippen molar-refractivity contribution in [2.24, 2.45) is 11.3 Å². The lowest BCUT2D eigenvalue weighted by Crippen LogP contribution is -2.29. The van der Waals surface area contributed by atoms with E-state index in [9.17, 15) is 13.6 Å². The molecule has 0 aromatic heterocycles. The van der Waals surface area contributed by atoms with Crippen LogP contribution in [-0.4, -0.2) is 12.5 Å². The van der Waals surface area contributed by atoms with Crippen LogP contribution in [0.3, 0.4) is 0 Å². The molecule has 1 aromatic carbocycles. The first kappa shape index (κ1) is 13.8. The normalized spacial score (nSPS) is 19.2. The Balaban J connectivity index is 2.26. The number of amides is 1. The molecule has 1 heterocycles. The number of halogens is 2. The molecule has 104 valence electrons. The lowest BCUT2D eigenvalue weighted by Gasteiger charge is -2.23. The van der Waals surface area contributed by atoms with Crippen LogP contribution >= 0.6 is 0 Å². The van der Waals surface area contributed by atoms with Gasteiger partial charge in [0, 0.05) is 12.6 Å². The number of fused-ring (bicyclic) bond motifs is 1. The minimum atomic E-state index is -0.757. The second-order valence-electron chi connectivity index (χ2n) is 6.14. The molecule has 0 spiro atoms. The summed E-state index contributed by atoms with van der Waals surface area (Å²) in [6.45, 7) is 6.49. The van der Waals surface area contributed by atoms with Crippen molar-refractivity contribution in [3.63, 3.8) is 0 Å². The van der Waals surface area contributed by atoms with Crippen molar-refractivity contribution in [2.45, 2.75) is 27.2 Å². The number of benzene rings is 1. The van der Waals surface area contributed by atoms with Crippen molar-refractivity contribution in [1.82, 2.24) is 0 Å². The summed E-state index contributed by atoms with van der Waals surface area (Å²) in [7, 11) is 0. The molecule has 0 radical (unpaired) electrons. The standard InChI is InChI=1S/C14H18F2N2O/c1-14(2,3)6-8-7-17-11-5-9(15)4-10(16)12(11)18-13(8)19/h4-5,8,17H,6-7H2,1-3H3,(H,18,19). The van der Waals surface area contributed by atoms with Crippen molar-refractivity contribution in [1.29, 1.82) is 0 Å². The van der Waals surface area contributed by atoms with E-state index in [1.807, 2.05) is 20.8 Å². The Hall–Kier alpha value is -1.65. The average Bonchev–Trinajstić information content (AvgIpc) is 2.39. The Bertz CT molecular complexity index is 509. The summed E-state index contributed by atoms with van der Waals surface area (Å²) in [5.74, 6) is -1.92. The highest BCUT2D eigenvalue weighted by molar-refractivity contribution is 5.97. The summed E-state index contributed by atoms with van der Waals surface area (Å²) in [5, 5.41) is 5.49. The third-order valence-corrected chi connectivity index (χ3v) is 3.07. The maximum Gasteiger partial charge on any atom is 0.229 e. The summed E-state index contributed by atoms with van der Waals surface area (Å²) in [5.41, 5.74) is 0.314. The minimum Gasteiger partial charge on any atom is -0.382 e. The molecule has 1 aliphatic heterocycles. The zero-order chi connectivity index (χ0) is 14.2. The molecule has 0 saturated heterocycles. The Kier molecular flexibility index (Phi) is 3.47. The molecule has 0 aliphatic carbocycles. The van der Waals surface area contributed by atoms with Gasteiger partial charge in [0.2, 0.25) is 5.91 Å². The van der Waals surface area contributed by atoms with Gasteiger partial charge in [0.1, 0.15) is 11.5 Å². The molecule has 1 unspecified atom stereocenters. The minimum absolute atomic E-state index is 0.00991. The highest BCUT2D eigenvalue weighted by Crippen LogP contribution is 2.32. The summed E-state index contributed by atoms with van der Waals surface area (Å²) in [6, 6.07) is 1.96. The predicted molar refractivity (Wildman–Crippen MR) is 71.0 cm³/mol. The topological polar surface area (TPSA) is 41.1 Å². The fourth-order valence-corrected chi connectivity index (χ4v) is 2.30. The Morgan fingerprint density at radius 1 is 1.32 bits per heavy atom. The fourth-order valence-electron chi connectivity index (χ4n) is 2.30. The average molecular weight is 268 g/mol. The summed E-state index contributed by atoms with van der Waals surface area (Å²) >= 11 is 0. The van der Waals surface area contributed by atoms with Crippen LogP contribution in [-0.2, 0) is 4.79 Å². The third-order valence-electron chi connectivity index (χ3n) is 3.07. The summed E-state index contributed by atoms with van der Waals surface area (Å²) in [6.07, 6.45) is 0.671. The van der Waals surface area contributed by atoms with E-state index in [-0.39, 0.29) is 22.9 Å². The van der Waals surface area contributed by atoms with Crippen LogP contribution in [0.15, 0.2) is 12.1 Å². The number of carbonyl (C=O) groups is 1. The molecule has 0 fully saturated rings. The van der Waals surface area contributed by atoms with Gasteiger partial charge >= 0.3 is 0 Å². The van der Waals surface area contributed by atoms with Gasteiger partial charge in [0.15, 0.2) is 5.82 Å². The first-order chi connectivity index (χ1) is 8.76. The van der Waals surface area contributed by atoms with E-state index in [2.05, 4.69) is 10.6 Å². The molecule has 5 heteroatoms. The van der Waals surface area contributed by atoms with Gasteiger partial charge in [-0.1, -0.05) is 20.8 Å². The number of hydrogen-bond acceptors (Lipinski definition) is 2. The van der Waals surface area contributed by atoms with Crippen LogP contribution in [0.2, 0.25) is 0 Å². The number of anilines is 2. The van der Waals surface area contributed by atoms with Crippen LogP contribution in [0.25, 0.3) is 0 Å². The smallest absolute Gasteiger partial charge is 0.229 e. The molecule has 1 aromatic rings. The van der Waals surface area contributed by atoms with Crippen molar-refractivity contribution in [3.8, 4) is 0 Å². The summed E-state index contributed by atoms with van der Waals surface area (Å²) < 4.78 is 26.8. The van der Waals surface area contributed by atoms with E-state index in [0.29, 0.717) is 18.7 Å². The van der Waals surface area contributed by atoms with Crippen LogP contribution in [0.1, 0.15) is 27.2 Å². The van der Waals surface area contributed by atoms with E-state index >= 15 is 0 Å². The predicted octanol–water partition coefficient (Wildman–Crippen LogP) is 3.38. The van der Waals surface area contributed by atoms with Crippen LogP contribution in [0.4, 0.5) is 20.2 Å². The SMILES string of the molecule is CC(C)(C)CC1CNc2cc(F)cc(F)c2NC1=O. The molecule has 1 aliphatic rings. The van der Waals surface area contributed by atoms with E-state index in [4.69, 9.17) is 0 Å². The molecule has 19 heavy (non-hydrogen) atoms. The highest BCUT2D eigenvalue weighted by Gasteiger charge is 2.29. The van der Waals surface area contributed by atoms with Crippen molar-refractivity contribution in [3.05, 3.63) is 23.8 Å². The van der Waals surface area contributed by atoms with Gasteiger partial charge in [-0.05, 0) is 17.9 Å². The first-order valence-corrected chi connectivity index (χ1v) is 6.30. The molecule has 2 N–H and O–H groups in total. The molecule has 3 nitrogen and oxygen atoms in total. The lowest BCUT2D eigenvalue weighted by atomic mass is 9.84. The van der Waals surface area contributed by atoms with Crippen LogP contribution in [0, 0.1) is 23.0 Å². The van der Waals surface area contributed by atoms with Crippen LogP contribution in [0.5, 0.6) is 0 Å². The summed E-state index contributed by atoms with van der Waals surface area (Å²) in [4.78, 5) is 12.1. The zero-order valence-corrected chi connectivity index (χ0v) is 11.3. The Morgan fingerprint density at radius 3 is 2.63 bits per heavy atom. The molecular formula is C14H18F2N2O. The maximum absolute atomic E-state index is 13.7. The number of rotatable bonds is 1. The molecule has 0 saturated carbocycles. The molecule has 0 bridgehead atoms. The van der Waals surface area contributed by atoms with Crippen molar-refractivity contribution < 1.29 is 13.6 Å². The van der Waals surface area contributed by atoms with Gasteiger partial charge < -0.3 is 10.6 Å². The first-order valence-electron chi connectivity index (χ1n) is 6.30. The van der Waals surface area contributed by atoms with Gasteiger partial charge in [-0.15, -0.1) is 0 Å². The monoisotopic (exact) mass is 268 g/mol. The maximum atomic E-state index is 13.7. The zero-order valence-electron chi connectivity index (χ0n) is 11.3. The number of hydrogen-bond donors (Lipinski definition) is 2. The van der Waals surface area contributed by atoms with E-state index in [1.165, 1.54) is 6.07 Å². The second-order valence-corrected chi connectivity index (χ2v) is 6.14. The van der Waals surface area contributed by atoms with Gasteiger partial charge in [-0.25, -0.2) is 8.78 Å². The highest BCUT2D eigenvalue weighted by atomic mass is 19.1. The lowest BCUT2D eigenvalue weighted by molar-refractivity contribution is -0.120. The Morgan fingerprint density at radius 2 is 2.00 bits per heavy atom. The van der Waals surface area contributed by atoms with Gasteiger partial charge in [0.25, 0.3) is 0 Å². The molecular weight excluding hydrogens is 250 g/mol. The van der Waals surface area contributed by atoms with Gasteiger partial charge in [-0.3, -0.25) is 4.79 Å². The van der Waals surface area contributed by atoms with Crippen LogP contribution < -0.4 is 10.6 Å². The van der Waals surface area contributed by atoms with E-state index in [1.54, 1.807) is 0 Å². The van der Waals surface area contributed by atoms with Crippen molar-refractivity contribution in [2.75, 3.05) is 17.2 Å². The van der Waals surface area contributed by atoms with Crippen molar-refractivity contribution >= 4 is 17.3 Å². The van der Waals surface area contributed by atoms with E-state index < -0.39 is 11.6 Å². The quantitative estimate of drug-likeness (QED) is 0.819. The largest absolute Gasteiger partial charge is 0.382 e. The molecule has 1 atom stereocenters. The number of nitrogens with one attached hydrogen (secondary N) is 2. The number of carbonyl (C=O) groups excluding carboxylic acids is 1. The van der Waals surface area contributed by atoms with Gasteiger partial charge in [0.05, 0.1) is 11.6 Å². The molecule has 2 rings (SSSR count).